The van der Waals surface area contributed by atoms with Gasteiger partial charge in [0.2, 0.25) is 5.91 Å². The van der Waals surface area contributed by atoms with Crippen molar-refractivity contribution in [1.82, 2.24) is 15.2 Å². The summed E-state index contributed by atoms with van der Waals surface area (Å²) in [5.74, 6) is 1.38. The molecule has 0 bridgehead atoms. The van der Waals surface area contributed by atoms with Gasteiger partial charge in [-0.1, -0.05) is 31.9 Å². The van der Waals surface area contributed by atoms with Crippen LogP contribution < -0.4 is 5.32 Å². The molecule has 4 rings (SSSR count). The number of benzene rings is 1. The number of hydrogen-bond donors (Lipinski definition) is 1. The van der Waals surface area contributed by atoms with Crippen LogP contribution in [-0.2, 0) is 4.79 Å². The Hall–Kier alpha value is -1.46. The molecule has 0 spiro atoms. The highest BCUT2D eigenvalue weighted by Crippen LogP contribution is 2.33. The molecule has 2 aliphatic rings. The maximum absolute atomic E-state index is 12.4. The van der Waals surface area contributed by atoms with Crippen molar-refractivity contribution in [2.24, 2.45) is 5.92 Å². The Morgan fingerprint density at radius 1 is 1.19 bits per heavy atom. The summed E-state index contributed by atoms with van der Waals surface area (Å²) in [4.78, 5) is 19.6. The lowest BCUT2D eigenvalue weighted by Gasteiger charge is -2.33. The molecule has 140 valence electrons. The number of nitrogens with one attached hydrogen (secondary N) is 1. The van der Waals surface area contributed by atoms with Crippen LogP contribution in [0, 0.1) is 5.92 Å². The van der Waals surface area contributed by atoms with Crippen LogP contribution in [0.15, 0.2) is 24.3 Å². The number of thiazole rings is 1. The number of fused-ring (bicyclic) bond motifs is 1. The summed E-state index contributed by atoms with van der Waals surface area (Å²) >= 11 is 1.83. The first kappa shape index (κ1) is 17.9. The molecule has 1 aromatic carbocycles. The van der Waals surface area contributed by atoms with Gasteiger partial charge in [-0.25, -0.2) is 4.98 Å². The number of carbonyl (C=O) groups excluding carboxylic acids is 1. The lowest BCUT2D eigenvalue weighted by Crippen LogP contribution is -2.47. The SMILES string of the molecule is C[C@@H]1CCCC[C@H]1NC(=O)CN1CCC(c2nc3ccccc3s2)CC1. The zero-order valence-corrected chi connectivity index (χ0v) is 16.4. The van der Waals surface area contributed by atoms with Crippen molar-refractivity contribution in [3.63, 3.8) is 0 Å². The van der Waals surface area contributed by atoms with Gasteiger partial charge in [-0.3, -0.25) is 9.69 Å². The summed E-state index contributed by atoms with van der Waals surface area (Å²) in [5, 5.41) is 4.56. The normalized spacial score (nSPS) is 25.4. The second-order valence-electron chi connectivity index (χ2n) is 8.01. The fourth-order valence-corrected chi connectivity index (χ4v) is 5.53. The smallest absolute Gasteiger partial charge is 0.234 e. The second kappa shape index (κ2) is 8.05. The van der Waals surface area contributed by atoms with Crippen LogP contribution in [-0.4, -0.2) is 41.5 Å². The summed E-state index contributed by atoms with van der Waals surface area (Å²) in [6.45, 7) is 4.81. The number of carbonyl (C=O) groups is 1. The first-order valence-electron chi connectivity index (χ1n) is 10.1. The molecule has 1 aliphatic carbocycles. The van der Waals surface area contributed by atoms with Crippen molar-refractivity contribution in [1.29, 1.82) is 0 Å². The number of hydrogen-bond acceptors (Lipinski definition) is 4. The number of likely N-dealkylation sites (tertiary alicyclic amines) is 1. The highest BCUT2D eigenvalue weighted by atomic mass is 32.1. The molecule has 0 unspecified atom stereocenters. The number of rotatable bonds is 4. The molecule has 1 saturated heterocycles. The Kier molecular flexibility index (Phi) is 5.55. The van der Waals surface area contributed by atoms with Crippen molar-refractivity contribution >= 4 is 27.5 Å². The standard InChI is InChI=1S/C21H29N3OS/c1-15-6-2-3-7-17(15)22-20(25)14-24-12-10-16(11-13-24)21-23-18-8-4-5-9-19(18)26-21/h4-5,8-9,15-17H,2-3,6-7,10-14H2,1H3,(H,22,25)/t15-,17-/m1/s1. The molecular formula is C21H29N3OS. The monoisotopic (exact) mass is 371 g/mol. The van der Waals surface area contributed by atoms with E-state index < -0.39 is 0 Å². The molecule has 2 fully saturated rings. The highest BCUT2D eigenvalue weighted by molar-refractivity contribution is 7.18. The van der Waals surface area contributed by atoms with E-state index in [1.807, 2.05) is 11.3 Å². The van der Waals surface area contributed by atoms with Crippen molar-refractivity contribution in [3.8, 4) is 0 Å². The minimum Gasteiger partial charge on any atom is -0.352 e. The van der Waals surface area contributed by atoms with E-state index in [1.165, 1.54) is 29.0 Å². The van der Waals surface area contributed by atoms with Crippen LogP contribution in [0.4, 0.5) is 0 Å². The van der Waals surface area contributed by atoms with Crippen LogP contribution in [0.25, 0.3) is 10.2 Å². The predicted octanol–water partition coefficient (Wildman–Crippen LogP) is 4.17. The minimum absolute atomic E-state index is 0.210. The van der Waals surface area contributed by atoms with Gasteiger partial charge in [-0.15, -0.1) is 11.3 Å². The van der Waals surface area contributed by atoms with Crippen molar-refractivity contribution in [2.45, 2.75) is 57.4 Å². The number of amides is 1. The third-order valence-corrected chi connectivity index (χ3v) is 7.27. The molecular weight excluding hydrogens is 342 g/mol. The summed E-state index contributed by atoms with van der Waals surface area (Å²) in [6.07, 6.45) is 7.17. The Morgan fingerprint density at radius 3 is 2.73 bits per heavy atom. The van der Waals surface area contributed by atoms with E-state index in [2.05, 4.69) is 41.4 Å². The van der Waals surface area contributed by atoms with Gasteiger partial charge in [-0.2, -0.15) is 0 Å². The van der Waals surface area contributed by atoms with E-state index in [9.17, 15) is 4.79 Å². The maximum Gasteiger partial charge on any atom is 0.234 e. The number of aromatic nitrogens is 1. The molecule has 26 heavy (non-hydrogen) atoms. The Labute approximate surface area is 160 Å². The quantitative estimate of drug-likeness (QED) is 0.877. The molecule has 1 amide bonds. The van der Waals surface area contributed by atoms with Gasteiger partial charge in [0.1, 0.15) is 0 Å². The van der Waals surface area contributed by atoms with E-state index in [0.29, 0.717) is 24.4 Å². The van der Waals surface area contributed by atoms with Crippen molar-refractivity contribution in [3.05, 3.63) is 29.3 Å². The number of piperidine rings is 1. The minimum atomic E-state index is 0.210. The molecule has 2 atom stereocenters. The molecule has 1 aliphatic heterocycles. The van der Waals surface area contributed by atoms with E-state index >= 15 is 0 Å². The summed E-state index contributed by atoms with van der Waals surface area (Å²) in [6, 6.07) is 8.78. The van der Waals surface area contributed by atoms with Crippen LogP contribution in [0.2, 0.25) is 0 Å². The Morgan fingerprint density at radius 2 is 1.96 bits per heavy atom. The third kappa shape index (κ3) is 4.09. The Balaban J connectivity index is 1.27. The first-order chi connectivity index (χ1) is 12.7. The summed E-state index contributed by atoms with van der Waals surface area (Å²) in [5.41, 5.74) is 1.12. The fraction of sp³-hybridized carbons (Fsp3) is 0.619. The van der Waals surface area contributed by atoms with Crippen LogP contribution in [0.3, 0.4) is 0 Å². The predicted molar refractivity (Wildman–Crippen MR) is 108 cm³/mol. The molecule has 2 aromatic rings. The second-order valence-corrected chi connectivity index (χ2v) is 9.07. The molecule has 4 nitrogen and oxygen atoms in total. The van der Waals surface area contributed by atoms with Gasteiger partial charge in [-0.05, 0) is 56.8 Å². The van der Waals surface area contributed by atoms with Crippen LogP contribution in [0.1, 0.15) is 56.4 Å². The van der Waals surface area contributed by atoms with E-state index in [-0.39, 0.29) is 5.91 Å². The largest absolute Gasteiger partial charge is 0.352 e. The molecule has 5 heteroatoms. The summed E-state index contributed by atoms with van der Waals surface area (Å²) < 4.78 is 1.28. The lowest BCUT2D eigenvalue weighted by atomic mass is 9.86. The van der Waals surface area contributed by atoms with Crippen LogP contribution >= 0.6 is 11.3 Å². The third-order valence-electron chi connectivity index (χ3n) is 6.07. The van der Waals surface area contributed by atoms with E-state index in [4.69, 9.17) is 4.98 Å². The highest BCUT2D eigenvalue weighted by Gasteiger charge is 2.26. The zero-order chi connectivity index (χ0) is 17.9. The van der Waals surface area contributed by atoms with Gasteiger partial charge < -0.3 is 5.32 Å². The first-order valence-corrected chi connectivity index (χ1v) is 10.9. The van der Waals surface area contributed by atoms with Gasteiger partial charge in [0.25, 0.3) is 0 Å². The van der Waals surface area contributed by atoms with E-state index in [0.717, 1.165) is 37.9 Å². The topological polar surface area (TPSA) is 45.2 Å². The van der Waals surface area contributed by atoms with Gasteiger partial charge in [0.05, 0.1) is 21.8 Å². The number of para-hydroxylation sites is 1. The lowest BCUT2D eigenvalue weighted by molar-refractivity contribution is -0.123. The molecule has 2 heterocycles. The van der Waals surface area contributed by atoms with Gasteiger partial charge in [0, 0.05) is 12.0 Å². The molecule has 1 N–H and O–H groups in total. The average molecular weight is 372 g/mol. The van der Waals surface area contributed by atoms with Crippen LogP contribution in [0.5, 0.6) is 0 Å². The molecule has 1 saturated carbocycles. The average Bonchev–Trinajstić information content (AvgIpc) is 3.08. The summed E-state index contributed by atoms with van der Waals surface area (Å²) in [7, 11) is 0. The van der Waals surface area contributed by atoms with Crippen molar-refractivity contribution < 1.29 is 4.79 Å². The molecule has 1 aromatic heterocycles. The molecule has 0 radical (unpaired) electrons. The number of nitrogens with zero attached hydrogens (tertiary/aromatic N) is 2. The van der Waals surface area contributed by atoms with Crippen molar-refractivity contribution in [2.75, 3.05) is 19.6 Å². The van der Waals surface area contributed by atoms with Gasteiger partial charge in [0.15, 0.2) is 0 Å². The van der Waals surface area contributed by atoms with Gasteiger partial charge >= 0.3 is 0 Å². The maximum atomic E-state index is 12.4. The Bertz CT molecular complexity index is 718. The fourth-order valence-electron chi connectivity index (χ4n) is 4.39. The van der Waals surface area contributed by atoms with E-state index in [1.54, 1.807) is 0 Å². The zero-order valence-electron chi connectivity index (χ0n) is 15.6.